The predicted molar refractivity (Wildman–Crippen MR) is 100 cm³/mol. The van der Waals surface area contributed by atoms with E-state index in [1.807, 2.05) is 22.8 Å². The van der Waals surface area contributed by atoms with Crippen LogP contribution in [0.1, 0.15) is 12.5 Å². The van der Waals surface area contributed by atoms with Crippen molar-refractivity contribution in [3.63, 3.8) is 0 Å². The van der Waals surface area contributed by atoms with Crippen LogP contribution in [0.25, 0.3) is 28.0 Å². The molecule has 4 aromatic rings. The maximum Gasteiger partial charge on any atom is 0.387 e. The van der Waals surface area contributed by atoms with Crippen LogP contribution in [0.2, 0.25) is 0 Å². The third kappa shape index (κ3) is 3.38. The summed E-state index contributed by atoms with van der Waals surface area (Å²) < 4.78 is 31.0. The van der Waals surface area contributed by atoms with Gasteiger partial charge < -0.3 is 4.74 Å². The van der Waals surface area contributed by atoms with Gasteiger partial charge in [0.15, 0.2) is 0 Å². The Labute approximate surface area is 155 Å². The molecule has 0 aliphatic carbocycles. The fourth-order valence-corrected chi connectivity index (χ4v) is 3.13. The van der Waals surface area contributed by atoms with Gasteiger partial charge in [0.05, 0.1) is 17.4 Å². The Morgan fingerprint density at radius 2 is 1.81 bits per heavy atom. The summed E-state index contributed by atoms with van der Waals surface area (Å²) in [7, 11) is 0. The first-order valence-electron chi connectivity index (χ1n) is 8.62. The van der Waals surface area contributed by atoms with E-state index in [9.17, 15) is 8.78 Å². The van der Waals surface area contributed by atoms with Crippen molar-refractivity contribution in [1.29, 1.82) is 0 Å². The smallest absolute Gasteiger partial charge is 0.387 e. The molecule has 0 saturated carbocycles. The van der Waals surface area contributed by atoms with E-state index in [1.165, 1.54) is 17.7 Å². The van der Waals surface area contributed by atoms with Gasteiger partial charge in [-0.25, -0.2) is 4.98 Å². The quantitative estimate of drug-likeness (QED) is 0.485. The van der Waals surface area contributed by atoms with Gasteiger partial charge in [0.25, 0.3) is 0 Å². The number of hydrogen-bond donors (Lipinski definition) is 0. The fourth-order valence-electron chi connectivity index (χ4n) is 3.13. The van der Waals surface area contributed by atoms with E-state index in [0.29, 0.717) is 0 Å². The van der Waals surface area contributed by atoms with Crippen molar-refractivity contribution in [3.8, 4) is 22.7 Å². The van der Waals surface area contributed by atoms with Crippen LogP contribution in [0, 0.1) is 0 Å². The lowest BCUT2D eigenvalue weighted by molar-refractivity contribution is -0.0498. The molecule has 2 heterocycles. The predicted octanol–water partition coefficient (Wildman–Crippen LogP) is 5.25. The normalized spacial score (nSPS) is 11.3. The topological polar surface area (TPSA) is 39.9 Å². The number of pyridine rings is 1. The summed E-state index contributed by atoms with van der Waals surface area (Å²) in [5.74, 6) is 0.123. The Bertz CT molecular complexity index is 1070. The summed E-state index contributed by atoms with van der Waals surface area (Å²) in [6.45, 7) is -0.720. The van der Waals surface area contributed by atoms with Crippen LogP contribution in [0.3, 0.4) is 0 Å². The molecule has 0 unspecified atom stereocenters. The van der Waals surface area contributed by atoms with Crippen molar-refractivity contribution in [2.75, 3.05) is 0 Å². The Morgan fingerprint density at radius 1 is 1.04 bits per heavy atom. The summed E-state index contributed by atoms with van der Waals surface area (Å²) in [6.07, 6.45) is 4.37. The molecule has 0 radical (unpaired) electrons. The molecule has 0 aliphatic rings. The van der Waals surface area contributed by atoms with Gasteiger partial charge in [-0.05, 0) is 42.3 Å². The van der Waals surface area contributed by atoms with E-state index in [-0.39, 0.29) is 5.75 Å². The number of halogens is 2. The fraction of sp³-hybridized carbons (Fsp3) is 0.143. The number of rotatable bonds is 5. The first-order chi connectivity index (χ1) is 13.2. The van der Waals surface area contributed by atoms with Crippen LogP contribution in [0.15, 0.2) is 67.1 Å². The van der Waals surface area contributed by atoms with E-state index in [4.69, 9.17) is 0 Å². The second kappa shape index (κ2) is 7.15. The molecular formula is C21H17F2N3O. The van der Waals surface area contributed by atoms with Crippen LogP contribution < -0.4 is 4.74 Å². The first-order valence-corrected chi connectivity index (χ1v) is 8.62. The third-order valence-corrected chi connectivity index (χ3v) is 4.45. The third-order valence-electron chi connectivity index (χ3n) is 4.45. The van der Waals surface area contributed by atoms with Crippen molar-refractivity contribution in [2.24, 2.45) is 0 Å². The zero-order chi connectivity index (χ0) is 18.8. The van der Waals surface area contributed by atoms with Gasteiger partial charge >= 0.3 is 6.61 Å². The number of aromatic nitrogens is 3. The highest BCUT2D eigenvalue weighted by Crippen LogP contribution is 2.27. The SMILES string of the molecule is CCc1ccccc1-c1cc2c(cn1)ncn2-c1ccc(OC(F)F)cc1. The second-order valence-corrected chi connectivity index (χ2v) is 6.06. The number of ether oxygens (including phenoxy) is 1. The molecule has 0 fully saturated rings. The Balaban J connectivity index is 1.76. The lowest BCUT2D eigenvalue weighted by Crippen LogP contribution is -2.02. The van der Waals surface area contributed by atoms with E-state index in [1.54, 1.807) is 24.7 Å². The second-order valence-electron chi connectivity index (χ2n) is 6.06. The molecule has 0 N–H and O–H groups in total. The molecule has 2 aromatic heterocycles. The lowest BCUT2D eigenvalue weighted by Gasteiger charge is -2.09. The van der Waals surface area contributed by atoms with Crippen molar-refractivity contribution >= 4 is 11.0 Å². The summed E-state index contributed by atoms with van der Waals surface area (Å²) >= 11 is 0. The van der Waals surface area contributed by atoms with Gasteiger partial charge in [-0.3, -0.25) is 9.55 Å². The van der Waals surface area contributed by atoms with Gasteiger partial charge in [0.2, 0.25) is 0 Å². The van der Waals surface area contributed by atoms with Crippen LogP contribution in [0.4, 0.5) is 8.78 Å². The Hall–Kier alpha value is -3.28. The monoisotopic (exact) mass is 365 g/mol. The molecule has 0 bridgehead atoms. The molecule has 0 spiro atoms. The molecule has 2 aromatic carbocycles. The molecular weight excluding hydrogens is 348 g/mol. The zero-order valence-electron chi connectivity index (χ0n) is 14.6. The van der Waals surface area contributed by atoms with Crippen molar-refractivity contribution in [2.45, 2.75) is 20.0 Å². The average molecular weight is 365 g/mol. The van der Waals surface area contributed by atoms with Crippen molar-refractivity contribution in [1.82, 2.24) is 14.5 Å². The van der Waals surface area contributed by atoms with E-state index < -0.39 is 6.61 Å². The van der Waals surface area contributed by atoms with E-state index >= 15 is 0 Å². The number of imidazole rings is 1. The van der Waals surface area contributed by atoms with E-state index in [0.717, 1.165) is 34.4 Å². The molecule has 0 amide bonds. The van der Waals surface area contributed by atoms with Crippen LogP contribution in [-0.2, 0) is 6.42 Å². The molecule has 0 saturated heterocycles. The summed E-state index contributed by atoms with van der Waals surface area (Å²) in [5, 5.41) is 0. The van der Waals surface area contributed by atoms with Crippen molar-refractivity contribution in [3.05, 3.63) is 72.7 Å². The maximum absolute atomic E-state index is 12.3. The average Bonchev–Trinajstić information content (AvgIpc) is 3.11. The van der Waals surface area contributed by atoms with E-state index in [2.05, 4.69) is 33.8 Å². The molecule has 6 heteroatoms. The first kappa shape index (κ1) is 17.1. The van der Waals surface area contributed by atoms with Gasteiger partial charge in [0.1, 0.15) is 17.6 Å². The number of hydrogen-bond acceptors (Lipinski definition) is 3. The molecule has 4 nitrogen and oxygen atoms in total. The van der Waals surface area contributed by atoms with Gasteiger partial charge in [0, 0.05) is 11.3 Å². The highest BCUT2D eigenvalue weighted by atomic mass is 19.3. The minimum absolute atomic E-state index is 0.123. The minimum atomic E-state index is -2.84. The van der Waals surface area contributed by atoms with Crippen molar-refractivity contribution < 1.29 is 13.5 Å². The van der Waals surface area contributed by atoms with Gasteiger partial charge in [-0.1, -0.05) is 31.2 Å². The van der Waals surface area contributed by atoms with Crippen LogP contribution in [-0.4, -0.2) is 21.1 Å². The maximum atomic E-state index is 12.3. The van der Waals surface area contributed by atoms with Gasteiger partial charge in [-0.15, -0.1) is 0 Å². The number of fused-ring (bicyclic) bond motifs is 1. The summed E-state index contributed by atoms with van der Waals surface area (Å²) in [4.78, 5) is 8.95. The molecule has 0 aliphatic heterocycles. The van der Waals surface area contributed by atoms with Gasteiger partial charge in [-0.2, -0.15) is 8.78 Å². The summed E-state index contributed by atoms with van der Waals surface area (Å²) in [6, 6.07) is 16.7. The summed E-state index contributed by atoms with van der Waals surface area (Å²) in [5.41, 5.74) is 5.66. The standard InChI is InChI=1S/C21H17F2N3O/c1-2-14-5-3-4-6-17(14)18-11-20-19(12-24-18)25-13-26(20)15-7-9-16(10-8-15)27-21(22)23/h3-13,21H,2H2,1H3. The highest BCUT2D eigenvalue weighted by molar-refractivity contribution is 5.81. The number of alkyl halides is 2. The molecule has 4 rings (SSSR count). The Morgan fingerprint density at radius 3 is 2.56 bits per heavy atom. The minimum Gasteiger partial charge on any atom is -0.435 e. The highest BCUT2D eigenvalue weighted by Gasteiger charge is 2.11. The van der Waals surface area contributed by atoms with Crippen LogP contribution >= 0.6 is 0 Å². The Kier molecular flexibility index (Phi) is 4.54. The largest absolute Gasteiger partial charge is 0.435 e. The molecule has 27 heavy (non-hydrogen) atoms. The zero-order valence-corrected chi connectivity index (χ0v) is 14.6. The lowest BCUT2D eigenvalue weighted by atomic mass is 10.0. The van der Waals surface area contributed by atoms with Crippen LogP contribution in [0.5, 0.6) is 5.75 Å². The molecule has 0 atom stereocenters. The molecule has 136 valence electrons. The number of nitrogens with zero attached hydrogens (tertiary/aromatic N) is 3. The number of benzene rings is 2. The number of aryl methyl sites for hydroxylation is 1.